The van der Waals surface area contributed by atoms with Crippen molar-refractivity contribution in [1.29, 1.82) is 0 Å². The van der Waals surface area contributed by atoms with Gasteiger partial charge in [-0.2, -0.15) is 0 Å². The van der Waals surface area contributed by atoms with E-state index in [1.165, 1.54) is 20.8 Å². The molecule has 2 N–H and O–H groups in total. The quantitative estimate of drug-likeness (QED) is 0.365. The number of hydrogen-bond acceptors (Lipinski definition) is 10. The van der Waals surface area contributed by atoms with Crippen molar-refractivity contribution < 1.29 is 48.3 Å². The Bertz CT molecular complexity index is 831. The molecule has 0 aromatic heterocycles. The van der Waals surface area contributed by atoms with Crippen LogP contribution in [0.5, 0.6) is 0 Å². The molecule has 0 aliphatic carbocycles. The Labute approximate surface area is 166 Å². The number of ether oxygens (including phenoxy) is 5. The molecule has 0 aromatic rings. The van der Waals surface area contributed by atoms with Crippen molar-refractivity contribution in [3.63, 3.8) is 0 Å². The summed E-state index contributed by atoms with van der Waals surface area (Å²) in [6.07, 6.45) is -1.78. The van der Waals surface area contributed by atoms with E-state index < -0.39 is 59.5 Å². The molecule has 3 fully saturated rings. The summed E-state index contributed by atoms with van der Waals surface area (Å²) in [4.78, 5) is 35.7. The molecule has 160 valence electrons. The molecule has 0 aromatic carbocycles. The third-order valence-electron chi connectivity index (χ3n) is 6.16. The van der Waals surface area contributed by atoms with Gasteiger partial charge in [0.15, 0.2) is 11.9 Å². The first-order valence-electron chi connectivity index (χ1n) is 9.44. The molecule has 29 heavy (non-hydrogen) atoms. The molecule has 0 saturated carbocycles. The molecular formula is C19H24O10. The second kappa shape index (κ2) is 6.00. The minimum atomic E-state index is -1.91. The van der Waals surface area contributed by atoms with Gasteiger partial charge in [0.1, 0.15) is 23.9 Å². The summed E-state index contributed by atoms with van der Waals surface area (Å²) in [6.45, 7) is 5.05. The number of esters is 3. The Morgan fingerprint density at radius 1 is 1.17 bits per heavy atom. The molecule has 2 bridgehead atoms. The van der Waals surface area contributed by atoms with Gasteiger partial charge in [-0.05, 0) is 20.3 Å². The standard InChI is InChI=1S/C19H24O10/c1-9(20)25-8-11-13-12(26-10(2)21)7-17(4,23)18(24)6-5-16(3,29-18)15-19(13,28-15)27-14(11)22/h12,15,23-24H,5-8H2,1-4H3/t12-,15-,16+,17+,18-,19+/m0/s1. The van der Waals surface area contributed by atoms with Gasteiger partial charge in [0.2, 0.25) is 0 Å². The number of hydrogen-bond donors (Lipinski definition) is 2. The van der Waals surface area contributed by atoms with Crippen LogP contribution in [0.15, 0.2) is 11.1 Å². The van der Waals surface area contributed by atoms with Crippen LogP contribution < -0.4 is 0 Å². The highest BCUT2D eigenvalue weighted by molar-refractivity contribution is 5.94. The SMILES string of the molecule is CC(=O)OCC1=C2[C@@H](OC(C)=O)C[C@@](C)(O)[C@]3(O)CC[C@@](C)(O3)[C@@H]3O[C@]23OC1=O. The fraction of sp³-hybridized carbons (Fsp3) is 0.737. The highest BCUT2D eigenvalue weighted by atomic mass is 16.8. The van der Waals surface area contributed by atoms with Gasteiger partial charge in [-0.25, -0.2) is 4.79 Å². The highest BCUT2D eigenvalue weighted by Crippen LogP contribution is 2.62. The topological polar surface area (TPSA) is 141 Å². The van der Waals surface area contributed by atoms with Gasteiger partial charge in [0, 0.05) is 26.7 Å². The lowest BCUT2D eigenvalue weighted by Crippen LogP contribution is -2.55. The van der Waals surface area contributed by atoms with E-state index >= 15 is 0 Å². The fourth-order valence-corrected chi connectivity index (χ4v) is 4.65. The normalized spacial score (nSPS) is 45.4. The predicted octanol–water partition coefficient (Wildman–Crippen LogP) is -0.158. The second-order valence-electron chi connectivity index (χ2n) is 8.50. The third kappa shape index (κ3) is 2.89. The van der Waals surface area contributed by atoms with E-state index in [1.807, 2.05) is 0 Å². The fourth-order valence-electron chi connectivity index (χ4n) is 4.65. The lowest BCUT2D eigenvalue weighted by molar-refractivity contribution is -0.306. The summed E-state index contributed by atoms with van der Waals surface area (Å²) in [5, 5.41) is 22.1. The number of carbonyl (C=O) groups excluding carboxylic acids is 3. The zero-order chi connectivity index (χ0) is 21.4. The van der Waals surface area contributed by atoms with E-state index in [-0.39, 0.29) is 24.0 Å². The van der Waals surface area contributed by atoms with Crippen LogP contribution in [-0.2, 0) is 38.1 Å². The second-order valence-corrected chi connectivity index (χ2v) is 8.50. The van der Waals surface area contributed by atoms with Crippen molar-refractivity contribution in [3.05, 3.63) is 11.1 Å². The van der Waals surface area contributed by atoms with Crippen molar-refractivity contribution in [1.82, 2.24) is 0 Å². The van der Waals surface area contributed by atoms with Crippen LogP contribution in [0.1, 0.15) is 47.0 Å². The summed E-state index contributed by atoms with van der Waals surface area (Å²) in [6, 6.07) is 0. The van der Waals surface area contributed by atoms with Gasteiger partial charge in [0.25, 0.3) is 5.79 Å². The third-order valence-corrected chi connectivity index (χ3v) is 6.16. The van der Waals surface area contributed by atoms with Gasteiger partial charge in [-0.1, -0.05) is 0 Å². The van der Waals surface area contributed by atoms with Crippen LogP contribution in [0, 0.1) is 0 Å². The minimum absolute atomic E-state index is 0.0156. The van der Waals surface area contributed by atoms with Gasteiger partial charge < -0.3 is 33.9 Å². The number of aliphatic hydroxyl groups is 2. The predicted molar refractivity (Wildman–Crippen MR) is 91.8 cm³/mol. The minimum Gasteiger partial charge on any atom is -0.461 e. The molecule has 0 radical (unpaired) electrons. The number of epoxide rings is 1. The first-order chi connectivity index (χ1) is 13.3. The van der Waals surface area contributed by atoms with Crippen LogP contribution in [0.3, 0.4) is 0 Å². The number of rotatable bonds is 3. The zero-order valence-corrected chi connectivity index (χ0v) is 16.6. The molecule has 0 amide bonds. The Morgan fingerprint density at radius 2 is 1.86 bits per heavy atom. The van der Waals surface area contributed by atoms with Crippen molar-refractivity contribution >= 4 is 17.9 Å². The molecule has 1 spiro atoms. The molecule has 3 saturated heterocycles. The van der Waals surface area contributed by atoms with Crippen molar-refractivity contribution in [2.24, 2.45) is 0 Å². The summed E-state index contributed by atoms with van der Waals surface area (Å²) >= 11 is 0. The van der Waals surface area contributed by atoms with Crippen LogP contribution in [0.25, 0.3) is 0 Å². The Kier molecular flexibility index (Phi) is 4.20. The summed E-state index contributed by atoms with van der Waals surface area (Å²) < 4.78 is 27.6. The summed E-state index contributed by atoms with van der Waals surface area (Å²) in [5.74, 6) is -5.51. The largest absolute Gasteiger partial charge is 0.461 e. The Morgan fingerprint density at radius 3 is 2.48 bits per heavy atom. The Balaban J connectivity index is 1.86. The molecule has 10 heteroatoms. The van der Waals surface area contributed by atoms with E-state index in [2.05, 4.69) is 0 Å². The molecule has 6 atom stereocenters. The smallest absolute Gasteiger partial charge is 0.340 e. The Hall–Kier alpha value is -2.01. The summed E-state index contributed by atoms with van der Waals surface area (Å²) in [7, 11) is 0. The first kappa shape index (κ1) is 20.3. The van der Waals surface area contributed by atoms with Crippen LogP contribution >= 0.6 is 0 Å². The zero-order valence-electron chi connectivity index (χ0n) is 16.6. The molecule has 4 heterocycles. The molecule has 10 nitrogen and oxygen atoms in total. The maximum Gasteiger partial charge on any atom is 0.340 e. The molecule has 4 rings (SSSR count). The molecule has 4 aliphatic rings. The van der Waals surface area contributed by atoms with Crippen molar-refractivity contribution in [3.8, 4) is 0 Å². The van der Waals surface area contributed by atoms with Crippen LogP contribution in [-0.4, -0.2) is 69.7 Å². The molecule has 0 unspecified atom stereocenters. The number of carbonyl (C=O) groups is 3. The average molecular weight is 412 g/mol. The van der Waals surface area contributed by atoms with E-state index in [0.29, 0.717) is 6.42 Å². The summed E-state index contributed by atoms with van der Waals surface area (Å²) in [5.41, 5.74) is -2.73. The first-order valence-corrected chi connectivity index (χ1v) is 9.44. The lowest BCUT2D eigenvalue weighted by atomic mass is 9.80. The van der Waals surface area contributed by atoms with Crippen molar-refractivity contribution in [2.45, 2.75) is 81.9 Å². The van der Waals surface area contributed by atoms with Crippen LogP contribution in [0.2, 0.25) is 0 Å². The average Bonchev–Trinajstić information content (AvgIpc) is 3.09. The monoisotopic (exact) mass is 412 g/mol. The molecular weight excluding hydrogens is 388 g/mol. The van der Waals surface area contributed by atoms with E-state index in [9.17, 15) is 24.6 Å². The van der Waals surface area contributed by atoms with Gasteiger partial charge in [0.05, 0.1) is 11.1 Å². The number of fused-ring (bicyclic) bond motifs is 3. The maximum atomic E-state index is 12.6. The lowest BCUT2D eigenvalue weighted by Gasteiger charge is -2.40. The van der Waals surface area contributed by atoms with Gasteiger partial charge in [-0.15, -0.1) is 0 Å². The van der Waals surface area contributed by atoms with Crippen LogP contribution in [0.4, 0.5) is 0 Å². The van der Waals surface area contributed by atoms with Gasteiger partial charge in [-0.3, -0.25) is 9.59 Å². The van der Waals surface area contributed by atoms with E-state index in [0.717, 1.165) is 0 Å². The maximum absolute atomic E-state index is 12.6. The van der Waals surface area contributed by atoms with E-state index in [1.54, 1.807) is 6.92 Å². The van der Waals surface area contributed by atoms with E-state index in [4.69, 9.17) is 23.7 Å². The van der Waals surface area contributed by atoms with Gasteiger partial charge >= 0.3 is 17.9 Å². The highest BCUT2D eigenvalue weighted by Gasteiger charge is 2.79. The molecule has 4 aliphatic heterocycles. The van der Waals surface area contributed by atoms with Crippen molar-refractivity contribution in [2.75, 3.05) is 6.61 Å².